The van der Waals surface area contributed by atoms with Crippen molar-refractivity contribution in [1.29, 1.82) is 0 Å². The average molecular weight is 264 g/mol. The van der Waals surface area contributed by atoms with E-state index >= 15 is 0 Å². The first kappa shape index (κ1) is 13.8. The van der Waals surface area contributed by atoms with E-state index in [0.29, 0.717) is 11.3 Å². The Morgan fingerprint density at radius 2 is 2.21 bits per heavy atom. The quantitative estimate of drug-likeness (QED) is 0.865. The van der Waals surface area contributed by atoms with Gasteiger partial charge in [-0.1, -0.05) is 19.3 Å². The number of ether oxygens (including phenoxy) is 1. The van der Waals surface area contributed by atoms with Crippen LogP contribution in [-0.2, 0) is 0 Å². The molecule has 0 bridgehead atoms. The third-order valence-electron chi connectivity index (χ3n) is 3.74. The Kier molecular flexibility index (Phi) is 4.37. The standard InChI is InChI=1S/C14H20N2O3/c1-19-12-9-15-8-5-11(12)13(18)16-14(10-17)6-3-2-4-7-14/h5,8-9,17H,2-4,6-7,10H2,1H3,(H,16,18). The van der Waals surface area contributed by atoms with Gasteiger partial charge in [0.15, 0.2) is 0 Å². The zero-order valence-corrected chi connectivity index (χ0v) is 11.2. The number of aliphatic hydroxyl groups excluding tert-OH is 1. The largest absolute Gasteiger partial charge is 0.494 e. The molecule has 0 radical (unpaired) electrons. The highest BCUT2D eigenvalue weighted by molar-refractivity contribution is 5.97. The highest BCUT2D eigenvalue weighted by Gasteiger charge is 2.33. The molecule has 1 saturated carbocycles. The molecule has 1 aromatic heterocycles. The van der Waals surface area contributed by atoms with Crippen LogP contribution in [0.3, 0.4) is 0 Å². The molecule has 1 aliphatic rings. The van der Waals surface area contributed by atoms with Gasteiger partial charge in [0.2, 0.25) is 0 Å². The SMILES string of the molecule is COc1cnccc1C(=O)NC1(CO)CCCCC1. The lowest BCUT2D eigenvalue weighted by Crippen LogP contribution is -2.52. The summed E-state index contributed by atoms with van der Waals surface area (Å²) in [5.41, 5.74) is -0.0280. The van der Waals surface area contributed by atoms with E-state index in [-0.39, 0.29) is 12.5 Å². The predicted octanol–water partition coefficient (Wildman–Crippen LogP) is 1.52. The molecule has 0 aliphatic heterocycles. The van der Waals surface area contributed by atoms with Gasteiger partial charge in [0.25, 0.3) is 5.91 Å². The van der Waals surface area contributed by atoms with Crippen LogP contribution in [0.2, 0.25) is 0 Å². The minimum absolute atomic E-state index is 0.0217. The maximum absolute atomic E-state index is 12.3. The van der Waals surface area contributed by atoms with Crippen molar-refractivity contribution in [2.24, 2.45) is 0 Å². The Labute approximate surface area is 113 Å². The van der Waals surface area contributed by atoms with Crippen LogP contribution in [0, 0.1) is 0 Å². The summed E-state index contributed by atoms with van der Waals surface area (Å²) in [6.45, 7) is -0.0217. The molecule has 0 atom stereocenters. The normalized spacial score (nSPS) is 17.8. The van der Waals surface area contributed by atoms with Crippen molar-refractivity contribution in [3.8, 4) is 5.75 Å². The number of carbonyl (C=O) groups excluding carboxylic acids is 1. The number of methoxy groups -OCH3 is 1. The van der Waals surface area contributed by atoms with E-state index in [0.717, 1.165) is 32.1 Å². The topological polar surface area (TPSA) is 71.5 Å². The van der Waals surface area contributed by atoms with Gasteiger partial charge < -0.3 is 15.2 Å². The van der Waals surface area contributed by atoms with Crippen LogP contribution < -0.4 is 10.1 Å². The predicted molar refractivity (Wildman–Crippen MR) is 71.2 cm³/mol. The molecular weight excluding hydrogens is 244 g/mol. The Balaban J connectivity index is 2.15. The number of carbonyl (C=O) groups is 1. The first-order valence-corrected chi connectivity index (χ1v) is 6.62. The van der Waals surface area contributed by atoms with E-state index in [2.05, 4.69) is 10.3 Å². The number of aromatic nitrogens is 1. The molecular formula is C14H20N2O3. The number of rotatable bonds is 4. The smallest absolute Gasteiger partial charge is 0.255 e. The van der Waals surface area contributed by atoms with Crippen molar-refractivity contribution in [3.63, 3.8) is 0 Å². The molecule has 5 heteroatoms. The minimum Gasteiger partial charge on any atom is -0.494 e. The van der Waals surface area contributed by atoms with Gasteiger partial charge in [0.05, 0.1) is 31.0 Å². The van der Waals surface area contributed by atoms with E-state index in [9.17, 15) is 9.90 Å². The lowest BCUT2D eigenvalue weighted by molar-refractivity contribution is 0.0756. The molecule has 1 amide bonds. The summed E-state index contributed by atoms with van der Waals surface area (Å²) in [7, 11) is 1.51. The Morgan fingerprint density at radius 1 is 1.47 bits per heavy atom. The van der Waals surface area contributed by atoms with Crippen molar-refractivity contribution in [3.05, 3.63) is 24.0 Å². The second kappa shape index (κ2) is 6.02. The molecule has 1 aromatic rings. The second-order valence-electron chi connectivity index (χ2n) is 5.03. The van der Waals surface area contributed by atoms with Crippen LogP contribution in [0.5, 0.6) is 5.75 Å². The molecule has 0 spiro atoms. The fourth-order valence-electron chi connectivity index (χ4n) is 2.59. The maximum Gasteiger partial charge on any atom is 0.255 e. The van der Waals surface area contributed by atoms with Gasteiger partial charge in [0.1, 0.15) is 5.75 Å². The third-order valence-corrected chi connectivity index (χ3v) is 3.74. The van der Waals surface area contributed by atoms with Crippen LogP contribution in [0.4, 0.5) is 0 Å². The molecule has 2 rings (SSSR count). The summed E-state index contributed by atoms with van der Waals surface area (Å²) >= 11 is 0. The molecule has 2 N–H and O–H groups in total. The number of aliphatic hydroxyl groups is 1. The fourth-order valence-corrected chi connectivity index (χ4v) is 2.59. The van der Waals surface area contributed by atoms with Crippen LogP contribution in [0.1, 0.15) is 42.5 Å². The van der Waals surface area contributed by atoms with E-state index in [1.54, 1.807) is 12.3 Å². The van der Waals surface area contributed by atoms with Gasteiger partial charge in [0, 0.05) is 6.20 Å². The number of nitrogens with zero attached hydrogens (tertiary/aromatic N) is 1. The van der Waals surface area contributed by atoms with Crippen LogP contribution >= 0.6 is 0 Å². The lowest BCUT2D eigenvalue weighted by atomic mass is 9.82. The molecule has 0 unspecified atom stereocenters. The summed E-state index contributed by atoms with van der Waals surface area (Å²) in [5.74, 6) is 0.235. The molecule has 19 heavy (non-hydrogen) atoms. The number of hydrogen-bond acceptors (Lipinski definition) is 4. The Hall–Kier alpha value is -1.62. The van der Waals surface area contributed by atoms with Gasteiger partial charge >= 0.3 is 0 Å². The van der Waals surface area contributed by atoms with E-state index in [4.69, 9.17) is 4.74 Å². The molecule has 0 saturated heterocycles. The number of hydrogen-bond donors (Lipinski definition) is 2. The average Bonchev–Trinajstić information content (AvgIpc) is 2.48. The van der Waals surface area contributed by atoms with Crippen molar-refractivity contribution in [2.45, 2.75) is 37.6 Å². The summed E-state index contributed by atoms with van der Waals surface area (Å²) < 4.78 is 5.14. The highest BCUT2D eigenvalue weighted by Crippen LogP contribution is 2.28. The van der Waals surface area contributed by atoms with E-state index < -0.39 is 5.54 Å². The summed E-state index contributed by atoms with van der Waals surface area (Å²) in [4.78, 5) is 16.3. The summed E-state index contributed by atoms with van der Waals surface area (Å²) in [6.07, 6.45) is 7.95. The van der Waals surface area contributed by atoms with E-state index in [1.165, 1.54) is 13.3 Å². The molecule has 1 aliphatic carbocycles. The fraction of sp³-hybridized carbons (Fsp3) is 0.571. The zero-order chi connectivity index (χ0) is 13.7. The first-order chi connectivity index (χ1) is 9.21. The molecule has 0 aromatic carbocycles. The highest BCUT2D eigenvalue weighted by atomic mass is 16.5. The van der Waals surface area contributed by atoms with Gasteiger partial charge in [-0.25, -0.2) is 0 Å². The summed E-state index contributed by atoms with van der Waals surface area (Å²) in [6, 6.07) is 1.63. The molecule has 1 heterocycles. The Bertz CT molecular complexity index is 442. The monoisotopic (exact) mass is 264 g/mol. The van der Waals surface area contributed by atoms with E-state index in [1.807, 2.05) is 0 Å². The number of amides is 1. The molecule has 104 valence electrons. The van der Waals surface area contributed by atoms with Crippen molar-refractivity contribution >= 4 is 5.91 Å². The van der Waals surface area contributed by atoms with Crippen molar-refractivity contribution < 1.29 is 14.6 Å². The number of pyridine rings is 1. The maximum atomic E-state index is 12.3. The summed E-state index contributed by atoms with van der Waals surface area (Å²) in [5, 5.41) is 12.6. The van der Waals surface area contributed by atoms with Crippen LogP contribution in [0.25, 0.3) is 0 Å². The molecule has 1 fully saturated rings. The minimum atomic E-state index is -0.483. The van der Waals surface area contributed by atoms with Crippen LogP contribution in [0.15, 0.2) is 18.5 Å². The Morgan fingerprint density at radius 3 is 2.84 bits per heavy atom. The van der Waals surface area contributed by atoms with Gasteiger partial charge in [-0.3, -0.25) is 9.78 Å². The van der Waals surface area contributed by atoms with Crippen molar-refractivity contribution in [2.75, 3.05) is 13.7 Å². The van der Waals surface area contributed by atoms with Gasteiger partial charge in [-0.2, -0.15) is 0 Å². The van der Waals surface area contributed by atoms with Crippen molar-refractivity contribution in [1.82, 2.24) is 10.3 Å². The lowest BCUT2D eigenvalue weighted by Gasteiger charge is -2.36. The van der Waals surface area contributed by atoms with Gasteiger partial charge in [-0.05, 0) is 18.9 Å². The molecule has 5 nitrogen and oxygen atoms in total. The second-order valence-corrected chi connectivity index (χ2v) is 5.03. The third kappa shape index (κ3) is 3.04. The first-order valence-electron chi connectivity index (χ1n) is 6.62. The zero-order valence-electron chi connectivity index (χ0n) is 11.2. The number of nitrogens with one attached hydrogen (secondary N) is 1. The van der Waals surface area contributed by atoms with Crippen LogP contribution in [-0.4, -0.2) is 35.3 Å². The van der Waals surface area contributed by atoms with Gasteiger partial charge in [-0.15, -0.1) is 0 Å².